The van der Waals surface area contributed by atoms with E-state index in [9.17, 15) is 19.8 Å². The summed E-state index contributed by atoms with van der Waals surface area (Å²) < 4.78 is 14.4. The first-order valence-electron chi connectivity index (χ1n) is 13.7. The lowest BCUT2D eigenvalue weighted by Gasteiger charge is -2.36. The van der Waals surface area contributed by atoms with Crippen molar-refractivity contribution in [3.8, 4) is 11.4 Å². The molecule has 1 fully saturated rings. The van der Waals surface area contributed by atoms with Crippen LogP contribution in [0.25, 0.3) is 5.69 Å². The number of nitrogens with one attached hydrogen (secondary N) is 1. The maximum absolute atomic E-state index is 11.9. The van der Waals surface area contributed by atoms with Gasteiger partial charge in [-0.3, -0.25) is 9.59 Å². The number of aliphatic carboxylic acids is 1. The predicted octanol–water partition coefficient (Wildman–Crippen LogP) is 3.68. The van der Waals surface area contributed by atoms with E-state index < -0.39 is 12.3 Å². The number of aromatic nitrogens is 4. The molecule has 4 N–H and O–H groups in total. The number of amides is 1. The number of ether oxygens (including phenoxy) is 2. The lowest BCUT2D eigenvalue weighted by atomic mass is 10.0. The largest absolute Gasteiger partial charge is 0.508 e. The fourth-order valence-electron chi connectivity index (χ4n) is 4.52. The minimum absolute atomic E-state index is 0.0427. The summed E-state index contributed by atoms with van der Waals surface area (Å²) in [5, 5.41) is 43.2. The first-order valence-corrected chi connectivity index (χ1v) is 14.6. The molecule has 2 heterocycles. The lowest BCUT2D eigenvalue weighted by molar-refractivity contribution is -0.245. The van der Waals surface area contributed by atoms with Gasteiger partial charge < -0.3 is 30.1 Å². The van der Waals surface area contributed by atoms with E-state index in [-0.39, 0.29) is 49.9 Å². The number of tetrazole rings is 1. The summed E-state index contributed by atoms with van der Waals surface area (Å²) in [7, 11) is 0. The number of hydrogen-bond donors (Lipinski definition) is 4. The summed E-state index contributed by atoms with van der Waals surface area (Å²) in [4.78, 5) is 22.6. The van der Waals surface area contributed by atoms with E-state index in [1.165, 1.54) is 11.8 Å². The number of phenols is 1. The second kappa shape index (κ2) is 14.2. The molecule has 0 radical (unpaired) electrons. The van der Waals surface area contributed by atoms with Gasteiger partial charge in [-0.1, -0.05) is 60.3 Å². The molecule has 1 aliphatic rings. The smallest absolute Gasteiger partial charge is 0.303 e. The van der Waals surface area contributed by atoms with E-state index in [1.807, 2.05) is 48.5 Å². The Morgan fingerprint density at radius 2 is 1.63 bits per heavy atom. The number of carboxylic acids is 1. The number of carbonyl (C=O) groups excluding carboxylic acids is 1. The number of benzene rings is 3. The van der Waals surface area contributed by atoms with Crippen LogP contribution in [-0.4, -0.2) is 59.3 Å². The summed E-state index contributed by atoms with van der Waals surface area (Å²) in [5.41, 5.74) is 4.16. The third-order valence-electron chi connectivity index (χ3n) is 6.86. The standard InChI is InChI=1S/C30H31N5O7S/c36-17-20-3-5-21(6-4-20)26-15-25(18-43-30-32-33-34-35(30)23-9-11-24(37)12-10-23)41-29(42-26)22-7-1-19(2-8-22)16-31-27(38)13-14-28(39)40/h1-12,25-26,29,36-37H,13-18H2,(H,31,38)(H,39,40)/t25-,26+,29+/m1/s1. The Hall–Kier alpha value is -4.30. The molecule has 3 atom stereocenters. The van der Waals surface area contributed by atoms with Crippen LogP contribution in [0.2, 0.25) is 0 Å². The molecule has 1 amide bonds. The zero-order valence-electron chi connectivity index (χ0n) is 23.1. The molecule has 3 aromatic carbocycles. The fourth-order valence-corrected chi connectivity index (χ4v) is 5.43. The summed E-state index contributed by atoms with van der Waals surface area (Å²) in [6.07, 6.45) is -0.838. The van der Waals surface area contributed by atoms with E-state index in [0.29, 0.717) is 17.3 Å². The van der Waals surface area contributed by atoms with Crippen LogP contribution in [0.4, 0.5) is 0 Å². The Balaban J connectivity index is 1.28. The highest BCUT2D eigenvalue weighted by Gasteiger charge is 2.32. The minimum Gasteiger partial charge on any atom is -0.508 e. The number of carbonyl (C=O) groups is 2. The molecule has 1 saturated heterocycles. The summed E-state index contributed by atoms with van der Waals surface area (Å²) in [5.74, 6) is -0.636. The van der Waals surface area contributed by atoms with Gasteiger partial charge in [0, 0.05) is 30.7 Å². The van der Waals surface area contributed by atoms with Gasteiger partial charge in [-0.15, -0.1) is 5.10 Å². The van der Waals surface area contributed by atoms with Crippen LogP contribution in [0.1, 0.15) is 53.9 Å². The van der Waals surface area contributed by atoms with E-state index in [0.717, 1.165) is 27.9 Å². The Morgan fingerprint density at radius 3 is 2.33 bits per heavy atom. The first-order chi connectivity index (χ1) is 20.9. The number of aliphatic hydroxyl groups is 1. The van der Waals surface area contributed by atoms with Crippen molar-refractivity contribution < 1.29 is 34.4 Å². The Bertz CT molecular complexity index is 1510. The maximum atomic E-state index is 11.9. The van der Waals surface area contributed by atoms with Crippen molar-refractivity contribution in [3.63, 3.8) is 0 Å². The van der Waals surface area contributed by atoms with Crippen molar-refractivity contribution in [3.05, 3.63) is 95.1 Å². The van der Waals surface area contributed by atoms with Gasteiger partial charge in [0.1, 0.15) is 5.75 Å². The van der Waals surface area contributed by atoms with E-state index in [4.69, 9.17) is 14.6 Å². The van der Waals surface area contributed by atoms with Crippen LogP contribution in [0, 0.1) is 0 Å². The van der Waals surface area contributed by atoms with Crippen molar-refractivity contribution >= 4 is 23.6 Å². The van der Waals surface area contributed by atoms with Gasteiger partial charge in [0.2, 0.25) is 11.1 Å². The van der Waals surface area contributed by atoms with Crippen molar-refractivity contribution in [1.29, 1.82) is 0 Å². The molecular weight excluding hydrogens is 574 g/mol. The highest BCUT2D eigenvalue weighted by atomic mass is 32.2. The Morgan fingerprint density at radius 1 is 0.930 bits per heavy atom. The number of thioether (sulfide) groups is 1. The van der Waals surface area contributed by atoms with Crippen LogP contribution in [0.15, 0.2) is 78.0 Å². The first kappa shape index (κ1) is 30.2. The fraction of sp³-hybridized carbons (Fsp3) is 0.300. The van der Waals surface area contributed by atoms with Crippen molar-refractivity contribution in [2.45, 2.75) is 56.1 Å². The second-order valence-corrected chi connectivity index (χ2v) is 11.0. The molecule has 0 aliphatic carbocycles. The van der Waals surface area contributed by atoms with Gasteiger partial charge in [0.25, 0.3) is 0 Å². The Kier molecular flexibility index (Phi) is 10.00. The topological polar surface area (TPSA) is 169 Å². The molecule has 12 nitrogen and oxygen atoms in total. The maximum Gasteiger partial charge on any atom is 0.303 e. The zero-order valence-corrected chi connectivity index (χ0v) is 23.9. The highest BCUT2D eigenvalue weighted by Crippen LogP contribution is 2.39. The third kappa shape index (κ3) is 8.17. The van der Waals surface area contributed by atoms with Gasteiger partial charge in [-0.05, 0) is 51.4 Å². The number of aromatic hydroxyl groups is 1. The van der Waals surface area contributed by atoms with Crippen LogP contribution in [0.3, 0.4) is 0 Å². The second-order valence-electron chi connectivity index (χ2n) is 9.96. The predicted molar refractivity (Wildman–Crippen MR) is 155 cm³/mol. The molecular formula is C30H31N5O7S. The monoisotopic (exact) mass is 605 g/mol. The van der Waals surface area contributed by atoms with Gasteiger partial charge in [0.15, 0.2) is 6.29 Å². The number of phenolic OH excluding ortho intramolecular Hbond substituents is 1. The number of carboxylic acid groups (broad SMARTS) is 1. The van der Waals surface area contributed by atoms with Crippen LogP contribution in [0.5, 0.6) is 5.75 Å². The summed E-state index contributed by atoms with van der Waals surface area (Å²) in [6.45, 7) is 0.235. The van der Waals surface area contributed by atoms with Crippen molar-refractivity contribution in [1.82, 2.24) is 25.5 Å². The van der Waals surface area contributed by atoms with Crippen LogP contribution < -0.4 is 5.32 Å². The molecule has 5 rings (SSSR count). The average molecular weight is 606 g/mol. The molecule has 43 heavy (non-hydrogen) atoms. The summed E-state index contributed by atoms with van der Waals surface area (Å²) in [6, 6.07) is 21.8. The normalized spacial score (nSPS) is 18.3. The molecule has 1 aromatic heterocycles. The van der Waals surface area contributed by atoms with Crippen LogP contribution in [-0.2, 0) is 32.2 Å². The molecule has 4 aromatic rings. The van der Waals surface area contributed by atoms with Gasteiger partial charge in [0.05, 0.1) is 30.9 Å². The van der Waals surface area contributed by atoms with E-state index >= 15 is 0 Å². The molecule has 0 spiro atoms. The lowest BCUT2D eigenvalue weighted by Crippen LogP contribution is -2.31. The molecule has 0 saturated carbocycles. The number of hydrogen-bond acceptors (Lipinski definition) is 10. The molecule has 0 bridgehead atoms. The number of aliphatic hydroxyl groups excluding tert-OH is 1. The highest BCUT2D eigenvalue weighted by molar-refractivity contribution is 7.99. The summed E-state index contributed by atoms with van der Waals surface area (Å²) >= 11 is 1.45. The Labute approximate surface area is 251 Å². The van der Waals surface area contributed by atoms with Crippen LogP contribution >= 0.6 is 11.8 Å². The average Bonchev–Trinajstić information content (AvgIpc) is 3.51. The van der Waals surface area contributed by atoms with E-state index in [1.54, 1.807) is 28.9 Å². The SMILES string of the molecule is O=C(O)CCC(=O)NCc1ccc([C@H]2O[C@@H](CSc3nnnn3-c3ccc(O)cc3)C[C@@H](c3ccc(CO)cc3)O2)cc1. The quantitative estimate of drug-likeness (QED) is 0.174. The van der Waals surface area contributed by atoms with E-state index in [2.05, 4.69) is 20.8 Å². The molecule has 1 aliphatic heterocycles. The number of rotatable bonds is 12. The van der Waals surface area contributed by atoms with Crippen molar-refractivity contribution in [2.24, 2.45) is 0 Å². The third-order valence-corrected chi connectivity index (χ3v) is 7.91. The number of nitrogens with zero attached hydrogens (tertiary/aromatic N) is 4. The van der Waals surface area contributed by atoms with Gasteiger partial charge >= 0.3 is 5.97 Å². The minimum atomic E-state index is -1.01. The van der Waals surface area contributed by atoms with Crippen molar-refractivity contribution in [2.75, 3.05) is 5.75 Å². The van der Waals surface area contributed by atoms with Gasteiger partial charge in [-0.2, -0.15) is 4.68 Å². The molecule has 13 heteroatoms. The molecule has 224 valence electrons. The zero-order chi connectivity index (χ0) is 30.2. The molecule has 0 unspecified atom stereocenters. The van der Waals surface area contributed by atoms with Gasteiger partial charge in [-0.25, -0.2) is 0 Å².